The number of carbonyl (C=O) groups is 1. The molecule has 1 saturated heterocycles. The molecule has 6 rings (SSSR count). The number of primary amides is 1. The third kappa shape index (κ3) is 4.77. The molecule has 0 bridgehead atoms. The minimum atomic E-state index is -1.40. The number of benzene rings is 1. The highest BCUT2D eigenvalue weighted by Crippen LogP contribution is 2.39. The lowest BCUT2D eigenvalue weighted by atomic mass is 9.96. The molecule has 1 aliphatic heterocycles. The van der Waals surface area contributed by atoms with Gasteiger partial charge in [-0.15, -0.1) is 11.3 Å². The number of ether oxygens (including phenoxy) is 3. The maximum atomic E-state index is 14.5. The van der Waals surface area contributed by atoms with Crippen LogP contribution in [-0.2, 0) is 26.4 Å². The van der Waals surface area contributed by atoms with E-state index in [9.17, 15) is 14.4 Å². The summed E-state index contributed by atoms with van der Waals surface area (Å²) in [4.78, 5) is 47.1. The molecule has 42 heavy (non-hydrogen) atoms. The SMILES string of the molecule is COc1ccccc1[C@H](Cn1c(=O)n(C2(C(N)=O)CCCC2)c(=O)c2c(C)c(-c3ncco3)sc21)OC1CCOCC1. The van der Waals surface area contributed by atoms with Crippen LogP contribution in [0.4, 0.5) is 0 Å². The van der Waals surface area contributed by atoms with E-state index in [2.05, 4.69) is 4.98 Å². The van der Waals surface area contributed by atoms with Gasteiger partial charge in [-0.05, 0) is 44.2 Å². The van der Waals surface area contributed by atoms with Crippen molar-refractivity contribution in [1.29, 1.82) is 0 Å². The van der Waals surface area contributed by atoms with Crippen molar-refractivity contribution < 1.29 is 23.4 Å². The molecule has 1 atom stereocenters. The first-order valence-electron chi connectivity index (χ1n) is 14.2. The Balaban J connectivity index is 1.60. The fourth-order valence-corrected chi connectivity index (χ4v) is 7.56. The Hall–Kier alpha value is -3.74. The van der Waals surface area contributed by atoms with E-state index in [0.717, 1.165) is 10.1 Å². The highest BCUT2D eigenvalue weighted by Gasteiger charge is 2.45. The van der Waals surface area contributed by atoms with Crippen molar-refractivity contribution in [2.24, 2.45) is 5.73 Å². The third-order valence-corrected chi connectivity index (χ3v) is 9.82. The number of amides is 1. The summed E-state index contributed by atoms with van der Waals surface area (Å²) in [5.41, 5.74) is 4.83. The molecule has 11 nitrogen and oxygen atoms in total. The molecule has 1 aromatic carbocycles. The van der Waals surface area contributed by atoms with Crippen LogP contribution in [0.5, 0.6) is 5.75 Å². The van der Waals surface area contributed by atoms with Gasteiger partial charge in [-0.2, -0.15) is 0 Å². The lowest BCUT2D eigenvalue weighted by Crippen LogP contribution is -2.56. The predicted octanol–water partition coefficient (Wildman–Crippen LogP) is 3.89. The highest BCUT2D eigenvalue weighted by molar-refractivity contribution is 7.22. The van der Waals surface area contributed by atoms with Crippen LogP contribution in [-0.4, -0.2) is 46.5 Å². The number of nitrogens with two attached hydrogens (primary N) is 1. The second-order valence-corrected chi connectivity index (χ2v) is 11.9. The topological polar surface area (TPSA) is 141 Å². The lowest BCUT2D eigenvalue weighted by molar-refractivity contribution is -0.126. The van der Waals surface area contributed by atoms with Crippen molar-refractivity contribution in [3.05, 3.63) is 68.7 Å². The molecule has 2 fully saturated rings. The Labute approximate surface area is 245 Å². The fraction of sp³-hybridized carbons (Fsp3) is 0.467. The molecule has 1 saturated carbocycles. The van der Waals surface area contributed by atoms with Gasteiger partial charge in [0.15, 0.2) is 0 Å². The van der Waals surface area contributed by atoms with Crippen LogP contribution in [0.3, 0.4) is 0 Å². The average molecular weight is 595 g/mol. The molecule has 2 N–H and O–H groups in total. The van der Waals surface area contributed by atoms with E-state index in [1.165, 1.54) is 23.8 Å². The molecular weight excluding hydrogens is 560 g/mol. The van der Waals surface area contributed by atoms with Crippen molar-refractivity contribution in [2.75, 3.05) is 20.3 Å². The molecule has 0 spiro atoms. The number of para-hydroxylation sites is 1. The molecule has 222 valence electrons. The third-order valence-electron chi connectivity index (χ3n) is 8.52. The molecule has 4 heterocycles. The fourth-order valence-electron chi connectivity index (χ4n) is 6.32. The van der Waals surface area contributed by atoms with Gasteiger partial charge in [-0.3, -0.25) is 14.2 Å². The summed E-state index contributed by atoms with van der Waals surface area (Å²) >= 11 is 1.26. The van der Waals surface area contributed by atoms with E-state index >= 15 is 0 Å². The van der Waals surface area contributed by atoms with Gasteiger partial charge in [0.25, 0.3) is 5.56 Å². The van der Waals surface area contributed by atoms with Crippen LogP contribution in [0.15, 0.2) is 50.7 Å². The number of aromatic nitrogens is 3. The second kappa shape index (κ2) is 11.5. The second-order valence-electron chi connectivity index (χ2n) is 10.9. The van der Waals surface area contributed by atoms with Crippen LogP contribution in [0.1, 0.15) is 55.8 Å². The number of aryl methyl sites for hydroxylation is 1. The van der Waals surface area contributed by atoms with Crippen molar-refractivity contribution in [2.45, 2.75) is 69.7 Å². The lowest BCUT2D eigenvalue weighted by Gasteiger charge is -2.31. The molecule has 3 aromatic heterocycles. The number of rotatable bonds is 9. The Morgan fingerprint density at radius 2 is 1.95 bits per heavy atom. The standard InChI is InChI=1S/C30H34N4O7S/c1-18-23-26(35)34(30(28(31)36)11-5-6-12-30)29(37)33(27(23)42-24(18)25-32-13-16-40-25)17-22(41-19-9-14-39-15-10-19)20-7-3-4-8-21(20)38-2/h3-4,7-8,13,16,19,22H,5-6,9-12,14-15,17H2,1-2H3,(H2,31,36)/t22-/m0/s1. The van der Waals surface area contributed by atoms with Gasteiger partial charge in [0.2, 0.25) is 11.8 Å². The monoisotopic (exact) mass is 594 g/mol. The summed E-state index contributed by atoms with van der Waals surface area (Å²) in [6.07, 6.45) is 5.76. The van der Waals surface area contributed by atoms with Crippen molar-refractivity contribution >= 4 is 27.5 Å². The van der Waals surface area contributed by atoms with Gasteiger partial charge in [0.1, 0.15) is 28.5 Å². The molecule has 1 amide bonds. The predicted molar refractivity (Wildman–Crippen MR) is 157 cm³/mol. The summed E-state index contributed by atoms with van der Waals surface area (Å²) in [5, 5.41) is 0.338. The van der Waals surface area contributed by atoms with Crippen molar-refractivity contribution in [1.82, 2.24) is 14.1 Å². The number of methoxy groups -OCH3 is 1. The minimum absolute atomic E-state index is 0.0765. The summed E-state index contributed by atoms with van der Waals surface area (Å²) in [6.45, 7) is 3.06. The molecule has 12 heteroatoms. The first kappa shape index (κ1) is 28.4. The van der Waals surface area contributed by atoms with E-state index in [0.29, 0.717) is 84.0 Å². The van der Waals surface area contributed by atoms with Crippen LogP contribution < -0.4 is 21.7 Å². The van der Waals surface area contributed by atoms with Gasteiger partial charge in [0.05, 0.1) is 36.2 Å². The van der Waals surface area contributed by atoms with E-state index in [1.807, 2.05) is 24.3 Å². The molecule has 0 unspecified atom stereocenters. The van der Waals surface area contributed by atoms with Gasteiger partial charge in [-0.1, -0.05) is 31.0 Å². The molecule has 0 radical (unpaired) electrons. The van der Waals surface area contributed by atoms with E-state index in [1.54, 1.807) is 18.6 Å². The summed E-state index contributed by atoms with van der Waals surface area (Å²) in [5.74, 6) is 0.300. The minimum Gasteiger partial charge on any atom is -0.496 e. The number of nitrogens with zero attached hydrogens (tertiary/aromatic N) is 3. The smallest absolute Gasteiger partial charge is 0.333 e. The Kier molecular flexibility index (Phi) is 7.77. The Morgan fingerprint density at radius 3 is 2.62 bits per heavy atom. The normalized spacial score (nSPS) is 18.0. The van der Waals surface area contributed by atoms with Crippen molar-refractivity contribution in [3.8, 4) is 16.5 Å². The average Bonchev–Trinajstić information content (AvgIpc) is 3.77. The van der Waals surface area contributed by atoms with Crippen LogP contribution >= 0.6 is 11.3 Å². The molecular formula is C30H34N4O7S. The first-order valence-corrected chi connectivity index (χ1v) is 15.0. The van der Waals surface area contributed by atoms with Crippen molar-refractivity contribution in [3.63, 3.8) is 0 Å². The highest BCUT2D eigenvalue weighted by atomic mass is 32.1. The van der Waals surface area contributed by atoms with E-state index in [4.69, 9.17) is 24.4 Å². The summed E-state index contributed by atoms with van der Waals surface area (Å²) in [6, 6.07) is 7.54. The Morgan fingerprint density at radius 1 is 1.21 bits per heavy atom. The summed E-state index contributed by atoms with van der Waals surface area (Å²) in [7, 11) is 1.59. The van der Waals surface area contributed by atoms with Gasteiger partial charge in [-0.25, -0.2) is 14.3 Å². The van der Waals surface area contributed by atoms with E-state index < -0.39 is 28.8 Å². The molecule has 1 aliphatic carbocycles. The zero-order valence-corrected chi connectivity index (χ0v) is 24.5. The zero-order chi connectivity index (χ0) is 29.4. The van der Waals surface area contributed by atoms with Crippen LogP contribution in [0.25, 0.3) is 21.0 Å². The van der Waals surface area contributed by atoms with Gasteiger partial charge < -0.3 is 24.4 Å². The quantitative estimate of drug-likeness (QED) is 0.308. The maximum absolute atomic E-state index is 14.5. The van der Waals surface area contributed by atoms with E-state index in [-0.39, 0.29) is 12.6 Å². The van der Waals surface area contributed by atoms with Crippen LogP contribution in [0.2, 0.25) is 0 Å². The number of oxazole rings is 1. The largest absolute Gasteiger partial charge is 0.496 e. The molecule has 2 aliphatic rings. The van der Waals surface area contributed by atoms with Gasteiger partial charge in [0, 0.05) is 18.8 Å². The van der Waals surface area contributed by atoms with Crippen LogP contribution in [0, 0.1) is 6.92 Å². The number of fused-ring (bicyclic) bond motifs is 1. The molecule has 4 aromatic rings. The number of thiophene rings is 1. The van der Waals surface area contributed by atoms with Gasteiger partial charge >= 0.3 is 5.69 Å². The Bertz CT molecular complexity index is 1710. The first-order chi connectivity index (χ1) is 20.4. The number of hydrogen-bond acceptors (Lipinski definition) is 9. The number of hydrogen-bond donors (Lipinski definition) is 1. The maximum Gasteiger partial charge on any atom is 0.333 e. The number of carbonyl (C=O) groups excluding carboxylic acids is 1. The summed E-state index contributed by atoms with van der Waals surface area (Å²) < 4.78 is 26.2. The zero-order valence-electron chi connectivity index (χ0n) is 23.7.